The van der Waals surface area contributed by atoms with Gasteiger partial charge in [-0.05, 0) is 24.6 Å². The Kier molecular flexibility index (Phi) is 5.21. The van der Waals surface area contributed by atoms with Gasteiger partial charge in [-0.3, -0.25) is 4.79 Å². The van der Waals surface area contributed by atoms with Crippen molar-refractivity contribution in [2.75, 3.05) is 11.6 Å². The summed E-state index contributed by atoms with van der Waals surface area (Å²) >= 11 is 0. The van der Waals surface area contributed by atoms with Crippen molar-refractivity contribution >= 4 is 12.1 Å². The van der Waals surface area contributed by atoms with Gasteiger partial charge in [0, 0.05) is 6.54 Å². The van der Waals surface area contributed by atoms with E-state index in [4.69, 9.17) is 0 Å². The number of amides is 1. The molecular weight excluding hydrogens is 302 g/mol. The second-order valence-electron chi connectivity index (χ2n) is 4.15. The quantitative estimate of drug-likeness (QED) is 0.512. The maximum Gasteiger partial charge on any atom is 0.416 e. The third-order valence-corrected chi connectivity index (χ3v) is 2.49. The van der Waals surface area contributed by atoms with Crippen LogP contribution in [-0.2, 0) is 17.1 Å². The topological polar surface area (TPSA) is 32.3 Å². The summed E-state index contributed by atoms with van der Waals surface area (Å²) in [6.07, 6.45) is -9.24. The fraction of sp³-hybridized carbons (Fsp3) is 0.417. The summed E-state index contributed by atoms with van der Waals surface area (Å²) in [5, 5.41) is 0.591. The van der Waals surface area contributed by atoms with E-state index in [9.17, 15) is 31.1 Å². The summed E-state index contributed by atoms with van der Waals surface area (Å²) in [5.41, 5.74) is -1.05. The first-order valence-electron chi connectivity index (χ1n) is 5.87. The monoisotopic (exact) mass is 314 g/mol. The fourth-order valence-corrected chi connectivity index (χ4v) is 1.50. The molecule has 0 saturated heterocycles. The smallest absolute Gasteiger partial charge is 0.277 e. The fourth-order valence-electron chi connectivity index (χ4n) is 1.50. The van der Waals surface area contributed by atoms with E-state index in [0.717, 1.165) is 0 Å². The van der Waals surface area contributed by atoms with Crippen molar-refractivity contribution in [1.29, 1.82) is 0 Å². The molecule has 0 atom stereocenters. The number of nitrogens with one attached hydrogen (secondary N) is 1. The molecule has 1 aromatic rings. The van der Waals surface area contributed by atoms with Crippen LogP contribution in [-0.4, -0.2) is 13.0 Å². The second kappa shape index (κ2) is 6.33. The van der Waals surface area contributed by atoms with Gasteiger partial charge in [0.2, 0.25) is 6.41 Å². The lowest BCUT2D eigenvalue weighted by Gasteiger charge is -2.21. The largest absolute Gasteiger partial charge is 0.416 e. The third kappa shape index (κ3) is 4.62. The van der Waals surface area contributed by atoms with E-state index >= 15 is 0 Å². The molecule has 0 aromatic heterocycles. The molecule has 0 aliphatic carbocycles. The number of alkyl halides is 6. The van der Waals surface area contributed by atoms with Crippen LogP contribution in [0.3, 0.4) is 0 Å². The average molecular weight is 314 g/mol. The van der Waals surface area contributed by atoms with Gasteiger partial charge in [0.1, 0.15) is 0 Å². The van der Waals surface area contributed by atoms with Crippen LogP contribution in [0.4, 0.5) is 32.0 Å². The number of hydrogen-bond donors (Lipinski definition) is 1. The second-order valence-corrected chi connectivity index (χ2v) is 4.15. The van der Waals surface area contributed by atoms with Gasteiger partial charge in [-0.25, -0.2) is 10.4 Å². The van der Waals surface area contributed by atoms with Crippen molar-refractivity contribution in [2.24, 2.45) is 0 Å². The molecule has 0 radical (unpaired) electrons. The Balaban J connectivity index is 3.33. The van der Waals surface area contributed by atoms with Crippen LogP contribution < -0.4 is 10.4 Å². The zero-order valence-corrected chi connectivity index (χ0v) is 10.8. The molecule has 0 unspecified atom stereocenters. The van der Waals surface area contributed by atoms with E-state index in [-0.39, 0.29) is 19.0 Å². The molecule has 0 heterocycles. The Morgan fingerprint density at radius 2 is 1.52 bits per heavy atom. The van der Waals surface area contributed by atoms with E-state index in [0.29, 0.717) is 23.6 Å². The van der Waals surface area contributed by atoms with Crippen molar-refractivity contribution in [3.05, 3.63) is 29.3 Å². The number of anilines is 1. The number of nitrogens with zero attached hydrogens (tertiary/aromatic N) is 1. The summed E-state index contributed by atoms with van der Waals surface area (Å²) in [7, 11) is 0. The Labute approximate surface area is 116 Å². The van der Waals surface area contributed by atoms with E-state index < -0.39 is 29.2 Å². The van der Waals surface area contributed by atoms with Crippen molar-refractivity contribution in [3.63, 3.8) is 0 Å². The number of carbonyl (C=O) groups excluding carboxylic acids is 1. The van der Waals surface area contributed by atoms with E-state index in [2.05, 4.69) is 5.43 Å². The molecule has 0 aliphatic rings. The average Bonchev–Trinajstić information content (AvgIpc) is 2.37. The molecule has 21 heavy (non-hydrogen) atoms. The molecule has 118 valence electrons. The standard InChI is InChI=1S/C12H12F6N2O/c1-2-3-19-20(7-21)10-5-8(11(13,14)15)4-9(6-10)12(16,17)18/h4-7,19H,2-3H2,1H3. The molecule has 0 saturated carbocycles. The van der Waals surface area contributed by atoms with Gasteiger partial charge in [-0.2, -0.15) is 26.3 Å². The lowest BCUT2D eigenvalue weighted by Crippen LogP contribution is -2.37. The van der Waals surface area contributed by atoms with Crippen molar-refractivity contribution in [2.45, 2.75) is 25.7 Å². The summed E-state index contributed by atoms with van der Waals surface area (Å²) in [5.74, 6) is 0. The minimum atomic E-state index is -4.95. The Morgan fingerprint density at radius 1 is 1.05 bits per heavy atom. The minimum absolute atomic E-state index is 0.00625. The predicted molar refractivity (Wildman–Crippen MR) is 63.3 cm³/mol. The number of halogens is 6. The molecule has 1 rings (SSSR count). The van der Waals surface area contributed by atoms with Crippen molar-refractivity contribution in [3.8, 4) is 0 Å². The number of hydrogen-bond acceptors (Lipinski definition) is 2. The Bertz CT molecular complexity index is 465. The van der Waals surface area contributed by atoms with Crippen LogP contribution >= 0.6 is 0 Å². The third-order valence-electron chi connectivity index (χ3n) is 2.49. The Morgan fingerprint density at radius 3 is 1.86 bits per heavy atom. The molecule has 1 aromatic carbocycles. The molecule has 9 heteroatoms. The highest BCUT2D eigenvalue weighted by atomic mass is 19.4. The summed E-state index contributed by atoms with van der Waals surface area (Å²) in [6.45, 7) is 1.94. The van der Waals surface area contributed by atoms with Gasteiger partial charge < -0.3 is 0 Å². The Hall–Kier alpha value is -1.77. The van der Waals surface area contributed by atoms with Crippen LogP contribution in [0.2, 0.25) is 0 Å². The predicted octanol–water partition coefficient (Wildman–Crippen LogP) is 3.60. The maximum atomic E-state index is 12.7. The molecule has 0 spiro atoms. The first-order valence-corrected chi connectivity index (χ1v) is 5.87. The minimum Gasteiger partial charge on any atom is -0.277 e. The van der Waals surface area contributed by atoms with E-state index in [1.807, 2.05) is 0 Å². The molecule has 0 bridgehead atoms. The van der Waals surface area contributed by atoms with Gasteiger partial charge in [-0.15, -0.1) is 0 Å². The van der Waals surface area contributed by atoms with E-state index in [1.54, 1.807) is 6.92 Å². The van der Waals surface area contributed by atoms with Gasteiger partial charge in [-0.1, -0.05) is 6.92 Å². The molecule has 3 nitrogen and oxygen atoms in total. The normalized spacial score (nSPS) is 12.3. The lowest BCUT2D eigenvalue weighted by molar-refractivity contribution is -0.143. The number of benzene rings is 1. The summed E-state index contributed by atoms with van der Waals surface area (Å²) in [6, 6.07) is 0.963. The van der Waals surface area contributed by atoms with Crippen molar-refractivity contribution in [1.82, 2.24) is 5.43 Å². The summed E-state index contributed by atoms with van der Waals surface area (Å²) in [4.78, 5) is 10.8. The van der Waals surface area contributed by atoms with E-state index in [1.165, 1.54) is 0 Å². The molecule has 0 fully saturated rings. The van der Waals surface area contributed by atoms with Crippen LogP contribution in [0, 0.1) is 0 Å². The van der Waals surface area contributed by atoms with Gasteiger partial charge in [0.25, 0.3) is 0 Å². The highest BCUT2D eigenvalue weighted by Gasteiger charge is 2.37. The van der Waals surface area contributed by atoms with Crippen LogP contribution in [0.5, 0.6) is 0 Å². The first-order chi connectivity index (χ1) is 9.59. The molecule has 1 N–H and O–H groups in total. The van der Waals surface area contributed by atoms with Gasteiger partial charge >= 0.3 is 12.4 Å². The molecular formula is C12H12F6N2O. The summed E-state index contributed by atoms with van der Waals surface area (Å²) < 4.78 is 76.0. The maximum absolute atomic E-state index is 12.7. The van der Waals surface area contributed by atoms with Gasteiger partial charge in [0.15, 0.2) is 0 Å². The SMILES string of the molecule is CCCNN(C=O)c1cc(C(F)(F)F)cc(C(F)(F)F)c1. The lowest BCUT2D eigenvalue weighted by atomic mass is 10.1. The number of carbonyl (C=O) groups is 1. The van der Waals surface area contributed by atoms with Gasteiger partial charge in [0.05, 0.1) is 16.8 Å². The highest BCUT2D eigenvalue weighted by Crippen LogP contribution is 2.37. The molecule has 1 amide bonds. The van der Waals surface area contributed by atoms with Crippen molar-refractivity contribution < 1.29 is 31.1 Å². The number of hydrazine groups is 1. The zero-order valence-electron chi connectivity index (χ0n) is 10.8. The van der Waals surface area contributed by atoms with Crippen LogP contribution in [0.1, 0.15) is 24.5 Å². The zero-order chi connectivity index (χ0) is 16.3. The number of rotatable bonds is 5. The van der Waals surface area contributed by atoms with Crippen LogP contribution in [0.15, 0.2) is 18.2 Å². The highest BCUT2D eigenvalue weighted by molar-refractivity contribution is 5.74. The first kappa shape index (κ1) is 17.3. The van der Waals surface area contributed by atoms with Crippen LogP contribution in [0.25, 0.3) is 0 Å². The molecule has 0 aliphatic heterocycles.